The Labute approximate surface area is 80.0 Å². The maximum atomic E-state index is 9.33. The van der Waals surface area contributed by atoms with Crippen LogP contribution in [0.25, 0.3) is 0 Å². The fourth-order valence-electron chi connectivity index (χ4n) is 1.72. The molecule has 0 aromatic carbocycles. The minimum atomic E-state index is -0.466. The van der Waals surface area contributed by atoms with E-state index in [2.05, 4.69) is 0 Å². The lowest BCUT2D eigenvalue weighted by atomic mass is 9.98. The number of aliphatic hydroxyl groups excluding tert-OH is 1. The Balaban J connectivity index is 2.03. The highest BCUT2D eigenvalue weighted by Gasteiger charge is 2.15. The van der Waals surface area contributed by atoms with Crippen LogP contribution in [-0.2, 0) is 9.47 Å². The second-order valence-corrected chi connectivity index (χ2v) is 3.70. The third kappa shape index (κ3) is 4.60. The van der Waals surface area contributed by atoms with E-state index in [1.54, 1.807) is 7.11 Å². The Hall–Kier alpha value is -0.120. The molecule has 3 heteroatoms. The van der Waals surface area contributed by atoms with E-state index in [-0.39, 0.29) is 0 Å². The molecule has 0 spiro atoms. The lowest BCUT2D eigenvalue weighted by Crippen LogP contribution is -2.26. The molecule has 0 amide bonds. The summed E-state index contributed by atoms with van der Waals surface area (Å²) in [6, 6.07) is 0. The number of ether oxygens (including phenoxy) is 2. The van der Waals surface area contributed by atoms with Crippen molar-refractivity contribution in [1.29, 1.82) is 0 Å². The average Bonchev–Trinajstić information content (AvgIpc) is 2.17. The molecule has 0 aromatic rings. The zero-order valence-corrected chi connectivity index (χ0v) is 8.37. The van der Waals surface area contributed by atoms with Gasteiger partial charge in [-0.25, -0.2) is 0 Å². The minimum absolute atomic E-state index is 0.368. The third-order valence-electron chi connectivity index (χ3n) is 2.44. The zero-order valence-electron chi connectivity index (χ0n) is 8.37. The van der Waals surface area contributed by atoms with Crippen LogP contribution in [0.5, 0.6) is 0 Å². The molecule has 1 rings (SSSR count). The number of methoxy groups -OCH3 is 1. The first-order valence-electron chi connectivity index (χ1n) is 5.11. The first-order valence-corrected chi connectivity index (χ1v) is 5.11. The van der Waals surface area contributed by atoms with Crippen molar-refractivity contribution in [2.75, 3.05) is 20.3 Å². The second kappa shape index (κ2) is 6.35. The molecule has 1 saturated carbocycles. The standard InChI is InChI=1S/C10H20O3/c1-12-7-9(11)8-13-10-5-3-2-4-6-10/h9-11H,2-8H2,1H3. The summed E-state index contributed by atoms with van der Waals surface area (Å²) in [6.07, 6.45) is 6.09. The molecule has 1 aliphatic carbocycles. The van der Waals surface area contributed by atoms with Crippen molar-refractivity contribution in [3.05, 3.63) is 0 Å². The van der Waals surface area contributed by atoms with Gasteiger partial charge in [0, 0.05) is 7.11 Å². The smallest absolute Gasteiger partial charge is 0.101 e. The predicted octanol–water partition coefficient (Wildman–Crippen LogP) is 1.34. The summed E-state index contributed by atoms with van der Waals surface area (Å²) in [5.41, 5.74) is 0. The first-order chi connectivity index (χ1) is 6.33. The summed E-state index contributed by atoms with van der Waals surface area (Å²) < 4.78 is 10.4. The van der Waals surface area contributed by atoms with Gasteiger partial charge >= 0.3 is 0 Å². The Kier molecular flexibility index (Phi) is 5.35. The number of hydrogen-bond acceptors (Lipinski definition) is 3. The van der Waals surface area contributed by atoms with Crippen LogP contribution in [0.1, 0.15) is 32.1 Å². The van der Waals surface area contributed by atoms with Crippen molar-refractivity contribution >= 4 is 0 Å². The minimum Gasteiger partial charge on any atom is -0.388 e. The van der Waals surface area contributed by atoms with Gasteiger partial charge in [-0.05, 0) is 12.8 Å². The van der Waals surface area contributed by atoms with Crippen LogP contribution in [0.15, 0.2) is 0 Å². The molecule has 1 N–H and O–H groups in total. The van der Waals surface area contributed by atoms with Crippen molar-refractivity contribution < 1.29 is 14.6 Å². The lowest BCUT2D eigenvalue weighted by molar-refractivity contribution is -0.0459. The van der Waals surface area contributed by atoms with Gasteiger partial charge in [0.2, 0.25) is 0 Å². The maximum Gasteiger partial charge on any atom is 0.101 e. The molecule has 1 atom stereocenters. The summed E-state index contributed by atoms with van der Waals surface area (Å²) in [4.78, 5) is 0. The summed E-state index contributed by atoms with van der Waals surface area (Å²) >= 11 is 0. The molecule has 0 aromatic heterocycles. The fraction of sp³-hybridized carbons (Fsp3) is 1.00. The maximum absolute atomic E-state index is 9.33. The van der Waals surface area contributed by atoms with E-state index >= 15 is 0 Å². The summed E-state index contributed by atoms with van der Waals surface area (Å²) in [5.74, 6) is 0. The molecular formula is C10H20O3. The zero-order chi connectivity index (χ0) is 9.52. The summed E-state index contributed by atoms with van der Waals surface area (Å²) in [6.45, 7) is 0.783. The van der Waals surface area contributed by atoms with E-state index in [0.717, 1.165) is 12.8 Å². The van der Waals surface area contributed by atoms with Crippen LogP contribution in [0, 0.1) is 0 Å². The van der Waals surface area contributed by atoms with Gasteiger partial charge in [-0.3, -0.25) is 0 Å². The molecule has 78 valence electrons. The highest BCUT2D eigenvalue weighted by Crippen LogP contribution is 2.20. The van der Waals surface area contributed by atoms with E-state index < -0.39 is 6.10 Å². The quantitative estimate of drug-likeness (QED) is 0.707. The van der Waals surface area contributed by atoms with E-state index in [1.807, 2.05) is 0 Å². The molecular weight excluding hydrogens is 168 g/mol. The molecule has 1 aliphatic rings. The summed E-state index contributed by atoms with van der Waals surface area (Å²) in [5, 5.41) is 9.33. The lowest BCUT2D eigenvalue weighted by Gasteiger charge is -2.23. The van der Waals surface area contributed by atoms with Crippen LogP contribution in [0.4, 0.5) is 0 Å². The molecule has 0 radical (unpaired) electrons. The van der Waals surface area contributed by atoms with Gasteiger partial charge in [0.1, 0.15) is 6.10 Å². The predicted molar refractivity (Wildman–Crippen MR) is 50.7 cm³/mol. The van der Waals surface area contributed by atoms with Crippen LogP contribution in [-0.4, -0.2) is 37.6 Å². The van der Waals surface area contributed by atoms with Crippen LogP contribution < -0.4 is 0 Å². The monoisotopic (exact) mass is 188 g/mol. The third-order valence-corrected chi connectivity index (χ3v) is 2.44. The SMILES string of the molecule is COCC(O)COC1CCCCC1. The van der Waals surface area contributed by atoms with Gasteiger partial charge in [0.15, 0.2) is 0 Å². The van der Waals surface area contributed by atoms with E-state index in [9.17, 15) is 5.11 Å². The topological polar surface area (TPSA) is 38.7 Å². The van der Waals surface area contributed by atoms with Crippen molar-refractivity contribution in [3.63, 3.8) is 0 Å². The molecule has 1 unspecified atom stereocenters. The van der Waals surface area contributed by atoms with Gasteiger partial charge in [-0.15, -0.1) is 0 Å². The Morgan fingerprint density at radius 1 is 1.23 bits per heavy atom. The Morgan fingerprint density at radius 2 is 1.92 bits per heavy atom. The van der Waals surface area contributed by atoms with Gasteiger partial charge in [0.05, 0.1) is 19.3 Å². The van der Waals surface area contributed by atoms with Gasteiger partial charge in [-0.2, -0.15) is 0 Å². The summed E-state index contributed by atoms with van der Waals surface area (Å²) in [7, 11) is 1.59. The second-order valence-electron chi connectivity index (χ2n) is 3.70. The van der Waals surface area contributed by atoms with Gasteiger partial charge in [0.25, 0.3) is 0 Å². The van der Waals surface area contributed by atoms with E-state index in [4.69, 9.17) is 9.47 Å². The highest BCUT2D eigenvalue weighted by molar-refractivity contribution is 4.66. The molecule has 13 heavy (non-hydrogen) atoms. The largest absolute Gasteiger partial charge is 0.388 e. The van der Waals surface area contributed by atoms with Crippen molar-refractivity contribution in [2.45, 2.75) is 44.3 Å². The van der Waals surface area contributed by atoms with Crippen LogP contribution in [0.3, 0.4) is 0 Å². The normalized spacial score (nSPS) is 21.7. The number of rotatable bonds is 5. The van der Waals surface area contributed by atoms with Crippen LogP contribution in [0.2, 0.25) is 0 Å². The molecule has 0 saturated heterocycles. The molecule has 0 heterocycles. The van der Waals surface area contributed by atoms with E-state index in [0.29, 0.717) is 19.3 Å². The molecule has 1 fully saturated rings. The van der Waals surface area contributed by atoms with Crippen molar-refractivity contribution in [2.24, 2.45) is 0 Å². The number of aliphatic hydroxyl groups is 1. The molecule has 0 bridgehead atoms. The molecule has 3 nitrogen and oxygen atoms in total. The van der Waals surface area contributed by atoms with Crippen molar-refractivity contribution in [1.82, 2.24) is 0 Å². The van der Waals surface area contributed by atoms with E-state index in [1.165, 1.54) is 19.3 Å². The molecule has 0 aliphatic heterocycles. The van der Waals surface area contributed by atoms with Crippen LogP contribution >= 0.6 is 0 Å². The van der Waals surface area contributed by atoms with Crippen molar-refractivity contribution in [3.8, 4) is 0 Å². The van der Waals surface area contributed by atoms with Gasteiger partial charge < -0.3 is 14.6 Å². The first kappa shape index (κ1) is 11.0. The fourth-order valence-corrected chi connectivity index (χ4v) is 1.72. The van der Waals surface area contributed by atoms with Gasteiger partial charge in [-0.1, -0.05) is 19.3 Å². The average molecular weight is 188 g/mol. The number of hydrogen-bond donors (Lipinski definition) is 1. The Bertz CT molecular complexity index is 121. The Morgan fingerprint density at radius 3 is 2.54 bits per heavy atom. The highest BCUT2D eigenvalue weighted by atomic mass is 16.5.